The molecule has 0 fully saturated rings. The van der Waals surface area contributed by atoms with Crippen molar-refractivity contribution in [1.82, 2.24) is 5.32 Å². The van der Waals surface area contributed by atoms with Crippen LogP contribution in [0.3, 0.4) is 0 Å². The molecule has 2 nitrogen and oxygen atoms in total. The lowest BCUT2D eigenvalue weighted by atomic mass is 10.0. The fourth-order valence-electron chi connectivity index (χ4n) is 0.671. The van der Waals surface area contributed by atoms with E-state index in [2.05, 4.69) is 26.1 Å². The van der Waals surface area contributed by atoms with Gasteiger partial charge in [-0.1, -0.05) is 33.3 Å². The van der Waals surface area contributed by atoms with Crippen LogP contribution in [-0.4, -0.2) is 11.8 Å². The Morgan fingerprint density at radius 2 is 2.00 bits per heavy atom. The average molecular weight is 173 g/mol. The van der Waals surface area contributed by atoms with Crippen molar-refractivity contribution >= 4 is 0 Å². The molecule has 0 radical (unpaired) electrons. The molecule has 0 amide bonds. The summed E-state index contributed by atoms with van der Waals surface area (Å²) in [6.07, 6.45) is 3.02. The number of hydrogen-bond acceptors (Lipinski definition) is 2. The lowest BCUT2D eigenvalue weighted by Gasteiger charge is -2.08. The Kier molecular flexibility index (Phi) is 12.3. The molecular weight excluding hydrogens is 150 g/mol. The van der Waals surface area contributed by atoms with Crippen LogP contribution < -0.4 is 5.32 Å². The summed E-state index contributed by atoms with van der Waals surface area (Å²) in [5.74, 6) is 0.610. The van der Waals surface area contributed by atoms with Gasteiger partial charge in [0, 0.05) is 0 Å². The van der Waals surface area contributed by atoms with Crippen LogP contribution in [0.25, 0.3) is 0 Å². The number of allylic oxidation sites excluding steroid dienone is 1. The Morgan fingerprint density at radius 1 is 1.50 bits per heavy atom. The summed E-state index contributed by atoms with van der Waals surface area (Å²) in [5.41, 5.74) is 1.29. The van der Waals surface area contributed by atoms with Gasteiger partial charge in [-0.2, -0.15) is 0 Å². The molecule has 0 saturated heterocycles. The first kappa shape index (κ1) is 14.0. The second kappa shape index (κ2) is 10.5. The van der Waals surface area contributed by atoms with Gasteiger partial charge in [0.25, 0.3) is 0 Å². The zero-order valence-electron chi connectivity index (χ0n) is 9.02. The molecule has 0 aromatic heterocycles. The molecule has 74 valence electrons. The lowest BCUT2D eigenvalue weighted by molar-refractivity contribution is 0.279. The van der Waals surface area contributed by atoms with Crippen LogP contribution >= 0.6 is 0 Å². The van der Waals surface area contributed by atoms with Gasteiger partial charge in [-0.05, 0) is 25.5 Å². The van der Waals surface area contributed by atoms with Crippen LogP contribution in [0.1, 0.15) is 41.0 Å². The van der Waals surface area contributed by atoms with E-state index in [0.29, 0.717) is 5.92 Å². The summed E-state index contributed by atoms with van der Waals surface area (Å²) >= 11 is 0. The smallest absolute Gasteiger partial charge is 0.112 e. The molecule has 0 aromatic rings. The van der Waals surface area contributed by atoms with E-state index in [0.717, 1.165) is 6.42 Å². The fraction of sp³-hybridized carbons (Fsp3) is 0.800. The van der Waals surface area contributed by atoms with Crippen molar-refractivity contribution in [3.05, 3.63) is 11.8 Å². The van der Waals surface area contributed by atoms with Gasteiger partial charge in [0.05, 0.1) is 0 Å². The fourth-order valence-corrected chi connectivity index (χ4v) is 0.671. The van der Waals surface area contributed by atoms with Gasteiger partial charge in [0.1, 0.15) is 6.73 Å². The number of rotatable bonds is 4. The maximum absolute atomic E-state index is 8.41. The second-order valence-corrected chi connectivity index (χ2v) is 2.56. The second-order valence-electron chi connectivity index (χ2n) is 2.56. The van der Waals surface area contributed by atoms with Crippen LogP contribution in [0.15, 0.2) is 11.8 Å². The Bertz CT molecular complexity index is 110. The van der Waals surface area contributed by atoms with E-state index in [1.54, 1.807) is 0 Å². The zero-order valence-corrected chi connectivity index (χ0v) is 9.02. The van der Waals surface area contributed by atoms with Gasteiger partial charge < -0.3 is 10.4 Å². The Labute approximate surface area is 76.7 Å². The minimum absolute atomic E-state index is 0.0216. The molecule has 0 bridgehead atoms. The third kappa shape index (κ3) is 7.61. The molecule has 0 heterocycles. The molecule has 2 N–H and O–H groups in total. The van der Waals surface area contributed by atoms with Crippen molar-refractivity contribution in [2.45, 2.75) is 41.0 Å². The highest BCUT2D eigenvalue weighted by Gasteiger charge is 1.98. The summed E-state index contributed by atoms with van der Waals surface area (Å²) in [4.78, 5) is 0. The third-order valence-electron chi connectivity index (χ3n) is 1.81. The summed E-state index contributed by atoms with van der Waals surface area (Å²) in [7, 11) is 0. The van der Waals surface area contributed by atoms with E-state index < -0.39 is 0 Å². The Balaban J connectivity index is 0. The van der Waals surface area contributed by atoms with Crippen LogP contribution in [-0.2, 0) is 0 Å². The molecule has 0 rings (SSSR count). The summed E-state index contributed by atoms with van der Waals surface area (Å²) in [6, 6.07) is 0. The van der Waals surface area contributed by atoms with Gasteiger partial charge in [0.15, 0.2) is 0 Å². The average Bonchev–Trinajstić information content (AvgIpc) is 2.16. The van der Waals surface area contributed by atoms with Crippen molar-refractivity contribution < 1.29 is 5.11 Å². The van der Waals surface area contributed by atoms with Crippen LogP contribution in [0, 0.1) is 5.92 Å². The maximum Gasteiger partial charge on any atom is 0.112 e. The van der Waals surface area contributed by atoms with Gasteiger partial charge in [0.2, 0.25) is 0 Å². The number of aliphatic hydroxyl groups excluding tert-OH is 1. The molecule has 0 spiro atoms. The molecule has 0 aliphatic carbocycles. The van der Waals surface area contributed by atoms with Gasteiger partial charge in [-0.15, -0.1) is 0 Å². The number of hydrogen-bond donors (Lipinski definition) is 2. The largest absolute Gasteiger partial charge is 0.377 e. The van der Waals surface area contributed by atoms with E-state index in [1.165, 1.54) is 5.57 Å². The molecule has 2 heteroatoms. The van der Waals surface area contributed by atoms with Crippen molar-refractivity contribution in [2.75, 3.05) is 6.73 Å². The van der Waals surface area contributed by atoms with E-state index in [4.69, 9.17) is 5.11 Å². The molecule has 1 unspecified atom stereocenters. The first-order valence-electron chi connectivity index (χ1n) is 4.73. The van der Waals surface area contributed by atoms with E-state index >= 15 is 0 Å². The van der Waals surface area contributed by atoms with Gasteiger partial charge >= 0.3 is 0 Å². The summed E-state index contributed by atoms with van der Waals surface area (Å²) in [6.45, 7) is 10.4. The first-order valence-corrected chi connectivity index (χ1v) is 4.73. The van der Waals surface area contributed by atoms with E-state index in [9.17, 15) is 0 Å². The van der Waals surface area contributed by atoms with E-state index in [1.807, 2.05) is 20.0 Å². The summed E-state index contributed by atoms with van der Waals surface area (Å²) < 4.78 is 0. The van der Waals surface area contributed by atoms with Crippen LogP contribution in [0.5, 0.6) is 0 Å². The molecule has 1 atom stereocenters. The van der Waals surface area contributed by atoms with Crippen LogP contribution in [0.2, 0.25) is 0 Å². The zero-order chi connectivity index (χ0) is 9.98. The minimum Gasteiger partial charge on any atom is -0.377 e. The molecule has 0 aromatic carbocycles. The highest BCUT2D eigenvalue weighted by Crippen LogP contribution is 2.11. The lowest BCUT2D eigenvalue weighted by Crippen LogP contribution is -2.08. The van der Waals surface area contributed by atoms with Crippen LogP contribution in [0.4, 0.5) is 0 Å². The monoisotopic (exact) mass is 173 g/mol. The van der Waals surface area contributed by atoms with E-state index in [-0.39, 0.29) is 6.73 Å². The highest BCUT2D eigenvalue weighted by atomic mass is 16.3. The maximum atomic E-state index is 8.41. The number of aliphatic hydroxyl groups is 1. The minimum atomic E-state index is 0.0216. The Hall–Kier alpha value is -0.500. The molecule has 12 heavy (non-hydrogen) atoms. The molecular formula is C10H23NO. The van der Waals surface area contributed by atoms with Crippen molar-refractivity contribution in [3.63, 3.8) is 0 Å². The topological polar surface area (TPSA) is 32.3 Å². The predicted molar refractivity (Wildman–Crippen MR) is 54.8 cm³/mol. The molecule has 0 aliphatic rings. The number of nitrogens with one attached hydrogen (secondary N) is 1. The van der Waals surface area contributed by atoms with Crippen molar-refractivity contribution in [2.24, 2.45) is 5.92 Å². The standard InChI is InChI=1S/C8H17NO.C2H6/c1-4-7(2)8(3)5-9-6-10;1-2/h5,7,9-10H,4,6H2,1-3H3;1-2H3/b8-5+;. The van der Waals surface area contributed by atoms with Gasteiger partial charge in [-0.25, -0.2) is 0 Å². The molecule has 0 aliphatic heterocycles. The first-order chi connectivity index (χ1) is 5.72. The van der Waals surface area contributed by atoms with Crippen molar-refractivity contribution in [1.29, 1.82) is 0 Å². The van der Waals surface area contributed by atoms with Crippen molar-refractivity contribution in [3.8, 4) is 0 Å². The Morgan fingerprint density at radius 3 is 2.33 bits per heavy atom. The van der Waals surface area contributed by atoms with Gasteiger partial charge in [-0.3, -0.25) is 0 Å². The normalized spacial score (nSPS) is 13.0. The SMILES string of the molecule is CC.CCC(C)/C(C)=C/NCO. The predicted octanol–water partition coefficient (Wildman–Crippen LogP) is 2.50. The quantitative estimate of drug-likeness (QED) is 0.640. The summed E-state index contributed by atoms with van der Waals surface area (Å²) in [5, 5.41) is 11.2. The molecule has 0 saturated carbocycles. The third-order valence-corrected chi connectivity index (χ3v) is 1.81. The highest BCUT2D eigenvalue weighted by molar-refractivity contribution is 4.99.